The molecule has 4 rings (SSSR count). The fourth-order valence-corrected chi connectivity index (χ4v) is 4.40. The number of aromatic nitrogens is 3. The summed E-state index contributed by atoms with van der Waals surface area (Å²) in [5.74, 6) is 0.578. The van der Waals surface area contributed by atoms with Gasteiger partial charge < -0.3 is 10.1 Å². The molecule has 0 saturated carbocycles. The SMILES string of the molecule is COc1ccccc1-n1cnnc1SC(C(=O)Nc1cc(C)ccc1C)c1ccccc1. The zero-order chi connectivity index (χ0) is 22.5. The fourth-order valence-electron chi connectivity index (χ4n) is 3.37. The number of hydrogen-bond donors (Lipinski definition) is 1. The number of carbonyl (C=O) groups is 1. The average molecular weight is 445 g/mol. The highest BCUT2D eigenvalue weighted by Gasteiger charge is 2.26. The van der Waals surface area contributed by atoms with E-state index in [1.54, 1.807) is 13.4 Å². The van der Waals surface area contributed by atoms with Crippen LogP contribution in [0.5, 0.6) is 5.75 Å². The molecule has 4 aromatic rings. The second-order valence-electron chi connectivity index (χ2n) is 7.37. The quantitative estimate of drug-likeness (QED) is 0.388. The van der Waals surface area contributed by atoms with Crippen LogP contribution in [0.1, 0.15) is 21.9 Å². The van der Waals surface area contributed by atoms with Crippen molar-refractivity contribution in [3.05, 3.63) is 95.8 Å². The van der Waals surface area contributed by atoms with Crippen LogP contribution >= 0.6 is 11.8 Å². The van der Waals surface area contributed by atoms with Crippen LogP contribution in [0, 0.1) is 13.8 Å². The highest BCUT2D eigenvalue weighted by Crippen LogP contribution is 2.37. The number of nitrogens with one attached hydrogen (secondary N) is 1. The van der Waals surface area contributed by atoms with Gasteiger partial charge in [0.1, 0.15) is 17.3 Å². The van der Waals surface area contributed by atoms with Crippen molar-refractivity contribution in [1.29, 1.82) is 0 Å². The van der Waals surface area contributed by atoms with Crippen LogP contribution < -0.4 is 10.1 Å². The van der Waals surface area contributed by atoms with Gasteiger partial charge in [-0.1, -0.05) is 66.4 Å². The van der Waals surface area contributed by atoms with E-state index in [1.165, 1.54) is 11.8 Å². The zero-order valence-electron chi connectivity index (χ0n) is 18.1. The maximum Gasteiger partial charge on any atom is 0.242 e. The molecular formula is C25H24N4O2S. The molecule has 0 fully saturated rings. The Morgan fingerprint density at radius 2 is 1.78 bits per heavy atom. The molecule has 0 aliphatic heterocycles. The first-order valence-corrected chi connectivity index (χ1v) is 11.1. The summed E-state index contributed by atoms with van der Waals surface area (Å²) in [6.07, 6.45) is 1.63. The molecule has 0 aliphatic rings. The van der Waals surface area contributed by atoms with Crippen LogP contribution in [0.15, 0.2) is 84.3 Å². The van der Waals surface area contributed by atoms with E-state index in [9.17, 15) is 4.79 Å². The van der Waals surface area contributed by atoms with E-state index in [0.717, 1.165) is 28.1 Å². The minimum absolute atomic E-state index is 0.121. The smallest absolute Gasteiger partial charge is 0.242 e. The zero-order valence-corrected chi connectivity index (χ0v) is 19.0. The van der Waals surface area contributed by atoms with Gasteiger partial charge in [-0.05, 0) is 48.7 Å². The minimum Gasteiger partial charge on any atom is -0.495 e. The van der Waals surface area contributed by atoms with Crippen molar-refractivity contribution in [3.8, 4) is 11.4 Å². The van der Waals surface area contributed by atoms with E-state index in [4.69, 9.17) is 4.74 Å². The summed E-state index contributed by atoms with van der Waals surface area (Å²) in [7, 11) is 1.63. The van der Waals surface area contributed by atoms with Gasteiger partial charge in [0.2, 0.25) is 5.91 Å². The number of hydrogen-bond acceptors (Lipinski definition) is 5. The third kappa shape index (κ3) is 4.68. The Balaban J connectivity index is 1.68. The number of carbonyl (C=O) groups excluding carboxylic acids is 1. The van der Waals surface area contributed by atoms with E-state index in [2.05, 4.69) is 15.5 Å². The van der Waals surface area contributed by atoms with E-state index in [1.807, 2.05) is 91.2 Å². The van der Waals surface area contributed by atoms with Crippen molar-refractivity contribution in [3.63, 3.8) is 0 Å². The summed E-state index contributed by atoms with van der Waals surface area (Å²) in [5.41, 5.74) is 4.60. The second-order valence-corrected chi connectivity index (χ2v) is 8.44. The molecule has 1 amide bonds. The molecule has 32 heavy (non-hydrogen) atoms. The molecule has 3 aromatic carbocycles. The van der Waals surface area contributed by atoms with E-state index in [0.29, 0.717) is 10.9 Å². The molecule has 0 bridgehead atoms. The number of rotatable bonds is 7. The number of anilines is 1. The molecule has 0 saturated heterocycles. The summed E-state index contributed by atoms with van der Waals surface area (Å²) in [4.78, 5) is 13.5. The van der Waals surface area contributed by atoms with Crippen LogP contribution in [-0.4, -0.2) is 27.8 Å². The number of amides is 1. The molecular weight excluding hydrogens is 420 g/mol. The van der Waals surface area contributed by atoms with Crippen molar-refractivity contribution in [2.75, 3.05) is 12.4 Å². The number of aryl methyl sites for hydroxylation is 2. The largest absolute Gasteiger partial charge is 0.495 e. The molecule has 0 radical (unpaired) electrons. The first-order chi connectivity index (χ1) is 15.6. The van der Waals surface area contributed by atoms with Gasteiger partial charge in [-0.2, -0.15) is 0 Å². The topological polar surface area (TPSA) is 69.0 Å². The first kappa shape index (κ1) is 21.6. The summed E-state index contributed by atoms with van der Waals surface area (Å²) in [6, 6.07) is 23.4. The monoisotopic (exact) mass is 444 g/mol. The Labute approximate surface area is 191 Å². The lowest BCUT2D eigenvalue weighted by Gasteiger charge is -2.18. The maximum absolute atomic E-state index is 13.5. The molecule has 6 nitrogen and oxygen atoms in total. The van der Waals surface area contributed by atoms with Gasteiger partial charge in [0.25, 0.3) is 0 Å². The number of benzene rings is 3. The van der Waals surface area contributed by atoms with Crippen LogP contribution in [-0.2, 0) is 4.79 Å². The highest BCUT2D eigenvalue weighted by atomic mass is 32.2. The molecule has 1 aromatic heterocycles. The van der Waals surface area contributed by atoms with Crippen LogP contribution in [0.25, 0.3) is 5.69 Å². The normalized spacial score (nSPS) is 11.7. The Morgan fingerprint density at radius 1 is 1.03 bits per heavy atom. The molecule has 0 aliphatic carbocycles. The summed E-state index contributed by atoms with van der Waals surface area (Å²) in [5, 5.41) is 11.6. The highest BCUT2D eigenvalue weighted by molar-refractivity contribution is 8.00. The fraction of sp³-hybridized carbons (Fsp3) is 0.160. The van der Waals surface area contributed by atoms with Crippen molar-refractivity contribution in [2.24, 2.45) is 0 Å². The molecule has 0 spiro atoms. The van der Waals surface area contributed by atoms with E-state index >= 15 is 0 Å². The third-order valence-corrected chi connectivity index (χ3v) is 6.29. The number of nitrogens with zero attached hydrogens (tertiary/aromatic N) is 3. The lowest BCUT2D eigenvalue weighted by atomic mass is 10.1. The van der Waals surface area contributed by atoms with Crippen LogP contribution in [0.2, 0.25) is 0 Å². The van der Waals surface area contributed by atoms with Gasteiger partial charge in [0, 0.05) is 5.69 Å². The number of methoxy groups -OCH3 is 1. The summed E-state index contributed by atoms with van der Waals surface area (Å²) >= 11 is 1.35. The Morgan fingerprint density at radius 3 is 2.56 bits per heavy atom. The van der Waals surface area contributed by atoms with Gasteiger partial charge in [-0.25, -0.2) is 0 Å². The summed E-state index contributed by atoms with van der Waals surface area (Å²) < 4.78 is 7.34. The van der Waals surface area contributed by atoms with Gasteiger partial charge in [0.15, 0.2) is 5.16 Å². The van der Waals surface area contributed by atoms with Crippen molar-refractivity contribution in [1.82, 2.24) is 14.8 Å². The van der Waals surface area contributed by atoms with Gasteiger partial charge >= 0.3 is 0 Å². The lowest BCUT2D eigenvalue weighted by molar-refractivity contribution is -0.115. The molecule has 162 valence electrons. The average Bonchev–Trinajstić information content (AvgIpc) is 3.28. The Hall–Kier alpha value is -3.58. The standard InChI is InChI=1S/C25H24N4O2S/c1-17-13-14-18(2)20(15-17)27-24(30)23(19-9-5-4-6-10-19)32-25-28-26-16-29(25)21-11-7-8-12-22(21)31-3/h4-16,23H,1-3H3,(H,27,30). The lowest BCUT2D eigenvalue weighted by Crippen LogP contribution is -2.20. The second kappa shape index (κ2) is 9.70. The van der Waals surface area contributed by atoms with Crippen LogP contribution in [0.4, 0.5) is 5.69 Å². The first-order valence-electron chi connectivity index (χ1n) is 10.2. The molecule has 1 unspecified atom stereocenters. The van der Waals surface area contributed by atoms with Gasteiger partial charge in [-0.15, -0.1) is 10.2 Å². The maximum atomic E-state index is 13.5. The van der Waals surface area contributed by atoms with Crippen molar-refractivity contribution in [2.45, 2.75) is 24.3 Å². The predicted molar refractivity (Wildman–Crippen MR) is 127 cm³/mol. The van der Waals surface area contributed by atoms with Gasteiger partial charge in [0.05, 0.1) is 12.8 Å². The number of para-hydroxylation sites is 2. The number of ether oxygens (including phenoxy) is 1. The van der Waals surface area contributed by atoms with E-state index in [-0.39, 0.29) is 5.91 Å². The minimum atomic E-state index is -0.520. The van der Waals surface area contributed by atoms with Gasteiger partial charge in [-0.3, -0.25) is 9.36 Å². The molecule has 1 atom stereocenters. The third-order valence-electron chi connectivity index (χ3n) is 5.08. The van der Waals surface area contributed by atoms with E-state index < -0.39 is 5.25 Å². The predicted octanol–water partition coefficient (Wildman–Crippen LogP) is 5.36. The molecule has 7 heteroatoms. The van der Waals surface area contributed by atoms with Crippen molar-refractivity contribution < 1.29 is 9.53 Å². The Kier molecular flexibility index (Phi) is 6.56. The van der Waals surface area contributed by atoms with Crippen molar-refractivity contribution >= 4 is 23.4 Å². The molecule has 1 N–H and O–H groups in total. The van der Waals surface area contributed by atoms with Crippen LogP contribution in [0.3, 0.4) is 0 Å². The number of thioether (sulfide) groups is 1. The molecule has 1 heterocycles. The Bertz CT molecular complexity index is 1220. The summed E-state index contributed by atoms with van der Waals surface area (Å²) in [6.45, 7) is 3.99.